The van der Waals surface area contributed by atoms with Crippen LogP contribution in [-0.2, 0) is 21.3 Å². The second kappa shape index (κ2) is 8.67. The van der Waals surface area contributed by atoms with Crippen molar-refractivity contribution in [2.45, 2.75) is 38.3 Å². The maximum absolute atomic E-state index is 13.2. The number of imidazole rings is 1. The van der Waals surface area contributed by atoms with Crippen molar-refractivity contribution in [1.82, 2.24) is 29.2 Å². The van der Waals surface area contributed by atoms with Crippen molar-refractivity contribution >= 4 is 22.1 Å². The predicted octanol–water partition coefficient (Wildman–Crippen LogP) is 1.83. The second-order valence-corrected chi connectivity index (χ2v) is 10.1. The minimum atomic E-state index is -0.164. The molecule has 3 saturated heterocycles. The SMILES string of the molecule is C[C@@H](OCCN1CCC2(COC2)C1)c1cc2c(cn1)nnc1c2n(C2CCOCC2)c(=O)n1C. The average molecular weight is 469 g/mol. The molecule has 0 aliphatic carbocycles. The number of aryl methyl sites for hydroxylation is 1. The highest BCUT2D eigenvalue weighted by atomic mass is 16.5. The molecule has 0 unspecified atom stereocenters. The number of pyridine rings is 1. The van der Waals surface area contributed by atoms with E-state index in [4.69, 9.17) is 14.2 Å². The van der Waals surface area contributed by atoms with E-state index < -0.39 is 0 Å². The van der Waals surface area contributed by atoms with Gasteiger partial charge in [0.1, 0.15) is 11.0 Å². The molecule has 34 heavy (non-hydrogen) atoms. The summed E-state index contributed by atoms with van der Waals surface area (Å²) in [5, 5.41) is 9.59. The van der Waals surface area contributed by atoms with E-state index >= 15 is 0 Å². The molecule has 3 aromatic rings. The van der Waals surface area contributed by atoms with Crippen LogP contribution in [0.4, 0.5) is 0 Å². The van der Waals surface area contributed by atoms with Gasteiger partial charge >= 0.3 is 5.69 Å². The lowest BCUT2D eigenvalue weighted by atomic mass is 9.85. The van der Waals surface area contributed by atoms with Crippen LogP contribution in [-0.4, -0.2) is 81.9 Å². The van der Waals surface area contributed by atoms with Gasteiger partial charge in [0.2, 0.25) is 0 Å². The van der Waals surface area contributed by atoms with Gasteiger partial charge in [0.05, 0.1) is 37.8 Å². The van der Waals surface area contributed by atoms with Gasteiger partial charge in [-0.1, -0.05) is 0 Å². The minimum absolute atomic E-state index is 0.0633. The Bertz CT molecular complexity index is 1260. The molecule has 6 rings (SSSR count). The fourth-order valence-corrected chi connectivity index (χ4v) is 5.61. The van der Waals surface area contributed by atoms with Crippen LogP contribution in [0.15, 0.2) is 17.1 Å². The predicted molar refractivity (Wildman–Crippen MR) is 126 cm³/mol. The Hall–Kier alpha value is -2.40. The number of hydrogen-bond donors (Lipinski definition) is 0. The van der Waals surface area contributed by atoms with E-state index in [9.17, 15) is 4.79 Å². The topological polar surface area (TPSA) is 96.5 Å². The maximum Gasteiger partial charge on any atom is 0.330 e. The third-order valence-corrected chi connectivity index (χ3v) is 7.76. The van der Waals surface area contributed by atoms with Crippen molar-refractivity contribution in [3.8, 4) is 0 Å². The van der Waals surface area contributed by atoms with Gasteiger partial charge in [0.15, 0.2) is 5.65 Å². The highest BCUT2D eigenvalue weighted by molar-refractivity contribution is 6.00. The van der Waals surface area contributed by atoms with Gasteiger partial charge in [-0.25, -0.2) is 4.79 Å². The zero-order chi connectivity index (χ0) is 23.3. The van der Waals surface area contributed by atoms with E-state index in [2.05, 4.69) is 20.1 Å². The Kier molecular flexibility index (Phi) is 5.63. The third kappa shape index (κ3) is 3.73. The molecule has 1 atom stereocenters. The summed E-state index contributed by atoms with van der Waals surface area (Å²) in [5.41, 5.74) is 3.27. The van der Waals surface area contributed by atoms with Crippen LogP contribution in [0.25, 0.3) is 22.1 Å². The molecule has 0 N–H and O–H groups in total. The van der Waals surface area contributed by atoms with E-state index in [0.29, 0.717) is 36.4 Å². The van der Waals surface area contributed by atoms with Crippen LogP contribution in [0.3, 0.4) is 0 Å². The van der Waals surface area contributed by atoms with E-state index in [-0.39, 0.29) is 17.8 Å². The lowest BCUT2D eigenvalue weighted by Crippen LogP contribution is -2.44. The maximum atomic E-state index is 13.2. The monoisotopic (exact) mass is 468 g/mol. The number of nitrogens with zero attached hydrogens (tertiary/aromatic N) is 6. The Morgan fingerprint density at radius 2 is 2.06 bits per heavy atom. The van der Waals surface area contributed by atoms with Gasteiger partial charge in [-0.15, -0.1) is 10.2 Å². The van der Waals surface area contributed by atoms with Crippen molar-refractivity contribution in [3.05, 3.63) is 28.4 Å². The minimum Gasteiger partial charge on any atom is -0.381 e. The highest BCUT2D eigenvalue weighted by Crippen LogP contribution is 2.37. The zero-order valence-electron chi connectivity index (χ0n) is 19.9. The van der Waals surface area contributed by atoms with Crippen LogP contribution in [0.5, 0.6) is 0 Å². The summed E-state index contributed by atoms with van der Waals surface area (Å²) in [6.07, 6.45) is 4.42. The average Bonchev–Trinajstić information content (AvgIpc) is 3.39. The molecule has 3 fully saturated rings. The first-order chi connectivity index (χ1) is 16.5. The van der Waals surface area contributed by atoms with Crippen LogP contribution in [0.2, 0.25) is 0 Å². The van der Waals surface area contributed by atoms with E-state index in [1.54, 1.807) is 17.8 Å². The standard InChI is InChI=1S/C24H32N6O4/c1-16(34-10-7-29-6-5-24(13-29)14-33-15-24)19-11-18-20(12-25-19)26-27-22-21(18)30(23(31)28(22)2)17-3-8-32-9-4-17/h11-12,16-17H,3-10,13-15H2,1-2H3/t16-/m1/s1. The Morgan fingerprint density at radius 3 is 2.79 bits per heavy atom. The lowest BCUT2D eigenvalue weighted by molar-refractivity contribution is -0.105. The number of rotatable bonds is 6. The summed E-state index contributed by atoms with van der Waals surface area (Å²) in [4.78, 5) is 20.2. The number of likely N-dealkylation sites (tertiary alicyclic amines) is 1. The first kappa shape index (κ1) is 22.1. The first-order valence-corrected chi connectivity index (χ1v) is 12.3. The molecule has 3 aliphatic heterocycles. The van der Waals surface area contributed by atoms with Crippen molar-refractivity contribution < 1.29 is 14.2 Å². The third-order valence-electron chi connectivity index (χ3n) is 7.76. The quantitative estimate of drug-likeness (QED) is 0.541. The van der Waals surface area contributed by atoms with Crippen LogP contribution < -0.4 is 5.69 Å². The largest absolute Gasteiger partial charge is 0.381 e. The summed E-state index contributed by atoms with van der Waals surface area (Å²) >= 11 is 0. The summed E-state index contributed by atoms with van der Waals surface area (Å²) in [6, 6.07) is 2.11. The first-order valence-electron chi connectivity index (χ1n) is 12.3. The lowest BCUT2D eigenvalue weighted by Gasteiger charge is -2.37. The molecule has 10 heteroatoms. The molecule has 3 aliphatic rings. The fraction of sp³-hybridized carbons (Fsp3) is 0.667. The van der Waals surface area contributed by atoms with Gasteiger partial charge in [-0.05, 0) is 38.8 Å². The van der Waals surface area contributed by atoms with Gasteiger partial charge < -0.3 is 19.1 Å². The zero-order valence-corrected chi connectivity index (χ0v) is 19.9. The summed E-state index contributed by atoms with van der Waals surface area (Å²) < 4.78 is 20.6. The second-order valence-electron chi connectivity index (χ2n) is 10.1. The Labute approximate surface area is 197 Å². The van der Waals surface area contributed by atoms with Crippen molar-refractivity contribution in [2.24, 2.45) is 12.5 Å². The molecular weight excluding hydrogens is 436 g/mol. The smallest absolute Gasteiger partial charge is 0.330 e. The van der Waals surface area contributed by atoms with Crippen molar-refractivity contribution in [3.63, 3.8) is 0 Å². The Balaban J connectivity index is 1.25. The molecule has 0 aromatic carbocycles. The fourth-order valence-electron chi connectivity index (χ4n) is 5.61. The molecule has 0 amide bonds. The molecule has 1 spiro atoms. The van der Waals surface area contributed by atoms with Crippen molar-refractivity contribution in [1.29, 1.82) is 0 Å². The van der Waals surface area contributed by atoms with Crippen LogP contribution in [0, 0.1) is 5.41 Å². The molecule has 0 bridgehead atoms. The summed E-state index contributed by atoms with van der Waals surface area (Å²) in [7, 11) is 1.76. The van der Waals surface area contributed by atoms with Crippen LogP contribution >= 0.6 is 0 Å². The normalized spacial score (nSPS) is 22.1. The van der Waals surface area contributed by atoms with E-state index in [1.807, 2.05) is 17.6 Å². The summed E-state index contributed by atoms with van der Waals surface area (Å²) in [6.45, 7) is 8.94. The van der Waals surface area contributed by atoms with Crippen LogP contribution in [0.1, 0.15) is 44.0 Å². The van der Waals surface area contributed by atoms with Gasteiger partial charge in [0, 0.05) is 50.2 Å². The van der Waals surface area contributed by atoms with Gasteiger partial charge in [-0.3, -0.25) is 14.1 Å². The molecular formula is C24H32N6O4. The highest BCUT2D eigenvalue weighted by Gasteiger charge is 2.44. The summed E-state index contributed by atoms with van der Waals surface area (Å²) in [5.74, 6) is 0. The van der Waals surface area contributed by atoms with Gasteiger partial charge in [-0.2, -0.15) is 0 Å². The number of ether oxygens (including phenoxy) is 3. The van der Waals surface area contributed by atoms with Crippen molar-refractivity contribution in [2.75, 3.05) is 52.7 Å². The molecule has 10 nitrogen and oxygen atoms in total. The number of hydrogen-bond acceptors (Lipinski definition) is 8. The van der Waals surface area contributed by atoms with E-state index in [1.165, 1.54) is 6.42 Å². The molecule has 6 heterocycles. The molecule has 0 radical (unpaired) electrons. The molecule has 182 valence electrons. The Morgan fingerprint density at radius 1 is 1.24 bits per heavy atom. The van der Waals surface area contributed by atoms with E-state index in [0.717, 1.165) is 62.3 Å². The van der Waals surface area contributed by atoms with Gasteiger partial charge in [0.25, 0.3) is 0 Å². The number of fused-ring (bicyclic) bond motifs is 3. The molecule has 0 saturated carbocycles. The number of aromatic nitrogens is 5. The molecule has 3 aromatic heterocycles.